The number of nitrogens with one attached hydrogen (secondary N) is 2. The number of halogens is 1. The molecule has 0 aliphatic rings. The van der Waals surface area contributed by atoms with Crippen molar-refractivity contribution in [2.75, 3.05) is 19.0 Å². The van der Waals surface area contributed by atoms with Crippen LogP contribution in [0.5, 0.6) is 0 Å². The lowest BCUT2D eigenvalue weighted by Crippen LogP contribution is -2.47. The molecule has 2 N–H and O–H groups in total. The summed E-state index contributed by atoms with van der Waals surface area (Å²) in [7, 11) is 1.52. The Morgan fingerprint density at radius 1 is 1.02 bits per heavy atom. The fourth-order valence-electron chi connectivity index (χ4n) is 3.78. The Morgan fingerprint density at radius 3 is 2.55 bits per heavy atom. The number of hydrogen-bond acceptors (Lipinski definition) is 7. The van der Waals surface area contributed by atoms with Crippen LogP contribution in [0, 0.1) is 6.92 Å². The SMILES string of the molecule is Cc1ccc2nc(NC(=O)OC[C@H](CC(=O)OCc3ccccc3)N(C)C(=O)NCc3ccccc3Cl)sc2c1. The van der Waals surface area contributed by atoms with Gasteiger partial charge in [0, 0.05) is 18.6 Å². The van der Waals surface area contributed by atoms with Crippen LogP contribution in [0.3, 0.4) is 0 Å². The Hall–Kier alpha value is -4.15. The first-order valence-corrected chi connectivity index (χ1v) is 13.7. The van der Waals surface area contributed by atoms with Gasteiger partial charge in [-0.15, -0.1) is 0 Å². The summed E-state index contributed by atoms with van der Waals surface area (Å²) >= 11 is 7.52. The van der Waals surface area contributed by atoms with Crippen molar-refractivity contribution in [1.29, 1.82) is 0 Å². The molecule has 40 heavy (non-hydrogen) atoms. The number of benzene rings is 3. The molecule has 0 unspecified atom stereocenters. The first-order chi connectivity index (χ1) is 19.3. The van der Waals surface area contributed by atoms with Crippen LogP contribution in [0.4, 0.5) is 14.7 Å². The van der Waals surface area contributed by atoms with Crippen molar-refractivity contribution in [2.45, 2.75) is 32.5 Å². The number of thiazole rings is 1. The Morgan fingerprint density at radius 2 is 1.77 bits per heavy atom. The van der Waals surface area contributed by atoms with Gasteiger partial charge in [0.05, 0.1) is 22.7 Å². The number of urea groups is 1. The largest absolute Gasteiger partial charge is 0.461 e. The van der Waals surface area contributed by atoms with Crippen molar-refractivity contribution in [2.24, 2.45) is 0 Å². The van der Waals surface area contributed by atoms with Gasteiger partial charge >= 0.3 is 18.1 Å². The molecule has 0 fully saturated rings. The summed E-state index contributed by atoms with van der Waals surface area (Å²) < 4.78 is 11.7. The van der Waals surface area contributed by atoms with Crippen LogP contribution < -0.4 is 10.6 Å². The normalized spacial score (nSPS) is 11.5. The highest BCUT2D eigenvalue weighted by atomic mass is 35.5. The molecular formula is C29H29ClN4O5S. The van der Waals surface area contributed by atoms with Gasteiger partial charge in [0.2, 0.25) is 0 Å². The second-order valence-corrected chi connectivity index (χ2v) is 10.5. The molecule has 208 valence electrons. The van der Waals surface area contributed by atoms with E-state index >= 15 is 0 Å². The van der Waals surface area contributed by atoms with E-state index in [-0.39, 0.29) is 26.2 Å². The third-order valence-electron chi connectivity index (χ3n) is 6.06. The number of carbonyl (C=O) groups excluding carboxylic acids is 3. The molecule has 0 saturated heterocycles. The van der Waals surface area contributed by atoms with Crippen molar-refractivity contribution in [3.05, 3.63) is 94.5 Å². The van der Waals surface area contributed by atoms with E-state index in [2.05, 4.69) is 15.6 Å². The molecule has 0 spiro atoms. The molecule has 3 aromatic carbocycles. The van der Waals surface area contributed by atoms with Gasteiger partial charge in [-0.3, -0.25) is 10.1 Å². The summed E-state index contributed by atoms with van der Waals surface area (Å²) in [5.74, 6) is -0.537. The molecule has 1 atom stereocenters. The molecule has 9 nitrogen and oxygen atoms in total. The van der Waals surface area contributed by atoms with E-state index in [0.29, 0.717) is 10.2 Å². The number of ether oxygens (including phenoxy) is 2. The molecule has 0 aliphatic heterocycles. The maximum absolute atomic E-state index is 12.9. The van der Waals surface area contributed by atoms with Crippen LogP contribution in [0.15, 0.2) is 72.8 Å². The standard InChI is InChI=1S/C29H29ClN4O5S/c1-19-12-13-24-25(14-19)40-27(32-24)33-29(37)39-18-22(15-26(35)38-17-20-8-4-3-5-9-20)34(2)28(36)31-16-21-10-6-7-11-23(21)30/h3-14,22H,15-18H2,1-2H3,(H,31,36)(H,32,33,37)/t22-/m0/s1. The lowest BCUT2D eigenvalue weighted by Gasteiger charge is -2.27. The fourth-order valence-corrected chi connectivity index (χ4v) is 4.93. The maximum Gasteiger partial charge on any atom is 0.413 e. The van der Waals surface area contributed by atoms with Gasteiger partial charge in [0.1, 0.15) is 13.2 Å². The minimum atomic E-state index is -0.793. The summed E-state index contributed by atoms with van der Waals surface area (Å²) in [6, 6.07) is 21.0. The first kappa shape index (κ1) is 28.8. The number of anilines is 1. The van der Waals surface area contributed by atoms with Gasteiger partial charge in [0.25, 0.3) is 0 Å². The summed E-state index contributed by atoms with van der Waals surface area (Å²) in [5, 5.41) is 6.32. The quantitative estimate of drug-likeness (QED) is 0.218. The highest BCUT2D eigenvalue weighted by Crippen LogP contribution is 2.26. The monoisotopic (exact) mass is 580 g/mol. The summed E-state index contributed by atoms with van der Waals surface area (Å²) in [4.78, 5) is 43.9. The number of amides is 3. The topological polar surface area (TPSA) is 110 Å². The van der Waals surface area contributed by atoms with Crippen LogP contribution in [0.25, 0.3) is 10.2 Å². The van der Waals surface area contributed by atoms with Crippen molar-refractivity contribution >= 4 is 56.4 Å². The Balaban J connectivity index is 1.37. The number of carbonyl (C=O) groups is 3. The Bertz CT molecular complexity index is 1480. The average molecular weight is 581 g/mol. The summed E-state index contributed by atoms with van der Waals surface area (Å²) in [6.07, 6.45) is -0.931. The zero-order valence-electron chi connectivity index (χ0n) is 22.1. The number of fused-ring (bicyclic) bond motifs is 1. The van der Waals surface area contributed by atoms with E-state index in [9.17, 15) is 14.4 Å². The molecule has 4 rings (SSSR count). The molecule has 3 amide bonds. The Kier molecular flexibility index (Phi) is 9.93. The molecule has 11 heteroatoms. The van der Waals surface area contributed by atoms with Crippen molar-refractivity contribution in [3.63, 3.8) is 0 Å². The van der Waals surface area contributed by atoms with Crippen LogP contribution >= 0.6 is 22.9 Å². The molecule has 0 saturated carbocycles. The van der Waals surface area contributed by atoms with Crippen LogP contribution in [-0.4, -0.2) is 47.7 Å². The zero-order valence-corrected chi connectivity index (χ0v) is 23.6. The van der Waals surface area contributed by atoms with Gasteiger partial charge in [-0.1, -0.05) is 77.5 Å². The number of esters is 1. The lowest BCUT2D eigenvalue weighted by atomic mass is 10.2. The van der Waals surface area contributed by atoms with Crippen LogP contribution in [0.2, 0.25) is 5.02 Å². The molecule has 0 radical (unpaired) electrons. The van der Waals surface area contributed by atoms with Crippen molar-refractivity contribution in [3.8, 4) is 0 Å². The number of aromatic nitrogens is 1. The number of likely N-dealkylation sites (N-methyl/N-ethyl adjacent to an activating group) is 1. The smallest absolute Gasteiger partial charge is 0.413 e. The van der Waals surface area contributed by atoms with Gasteiger partial charge < -0.3 is 19.7 Å². The maximum atomic E-state index is 12.9. The van der Waals surface area contributed by atoms with E-state index in [1.165, 1.54) is 23.3 Å². The zero-order chi connectivity index (χ0) is 28.5. The van der Waals surface area contributed by atoms with Gasteiger partial charge in [-0.05, 0) is 41.8 Å². The number of rotatable bonds is 10. The van der Waals surface area contributed by atoms with Crippen molar-refractivity contribution < 1.29 is 23.9 Å². The van der Waals surface area contributed by atoms with Crippen LogP contribution in [-0.2, 0) is 27.4 Å². The number of aryl methyl sites for hydroxylation is 1. The molecular weight excluding hydrogens is 552 g/mol. The number of hydrogen-bond donors (Lipinski definition) is 2. The van der Waals surface area contributed by atoms with Crippen molar-refractivity contribution in [1.82, 2.24) is 15.2 Å². The highest BCUT2D eigenvalue weighted by molar-refractivity contribution is 7.22. The Labute approximate surface area is 241 Å². The van der Waals surface area contributed by atoms with E-state index in [1.807, 2.05) is 61.5 Å². The van der Waals surface area contributed by atoms with E-state index < -0.39 is 24.1 Å². The summed E-state index contributed by atoms with van der Waals surface area (Å²) in [6.45, 7) is 2.01. The highest BCUT2D eigenvalue weighted by Gasteiger charge is 2.26. The minimum absolute atomic E-state index is 0.0905. The minimum Gasteiger partial charge on any atom is -0.461 e. The molecule has 0 bridgehead atoms. The fraction of sp³-hybridized carbons (Fsp3) is 0.241. The number of nitrogens with zero attached hydrogens (tertiary/aromatic N) is 2. The van der Waals surface area contributed by atoms with Gasteiger partial charge in [-0.2, -0.15) is 0 Å². The molecule has 4 aromatic rings. The van der Waals surface area contributed by atoms with Gasteiger partial charge in [-0.25, -0.2) is 14.6 Å². The summed E-state index contributed by atoms with van der Waals surface area (Å²) in [5.41, 5.74) is 3.43. The van der Waals surface area contributed by atoms with Crippen LogP contribution in [0.1, 0.15) is 23.1 Å². The molecule has 1 aromatic heterocycles. The second-order valence-electron chi connectivity index (χ2n) is 9.08. The van der Waals surface area contributed by atoms with E-state index in [4.69, 9.17) is 21.1 Å². The second kappa shape index (κ2) is 13.8. The average Bonchev–Trinajstić information content (AvgIpc) is 3.34. The molecule has 1 heterocycles. The third kappa shape index (κ3) is 8.17. The first-order valence-electron chi connectivity index (χ1n) is 12.5. The van der Waals surface area contributed by atoms with E-state index in [1.54, 1.807) is 18.2 Å². The predicted octanol–water partition coefficient (Wildman–Crippen LogP) is 6.15. The predicted molar refractivity (Wildman–Crippen MR) is 155 cm³/mol. The van der Waals surface area contributed by atoms with E-state index in [0.717, 1.165) is 26.9 Å². The van der Waals surface area contributed by atoms with Gasteiger partial charge in [0.15, 0.2) is 5.13 Å². The molecule has 0 aliphatic carbocycles. The lowest BCUT2D eigenvalue weighted by molar-refractivity contribution is -0.146. The third-order valence-corrected chi connectivity index (χ3v) is 7.36.